The zero-order valence-corrected chi connectivity index (χ0v) is 12.2. The average molecular weight is 277 g/mol. The van der Waals surface area contributed by atoms with Crippen LogP contribution in [0.15, 0.2) is 12.1 Å². The smallest absolute Gasteiger partial charge is 0.162 e. The van der Waals surface area contributed by atoms with Crippen LogP contribution in [0.3, 0.4) is 0 Å². The standard InChI is InChI=1S/C15H19NO2S/c1-3-4-10-11-7-12-13(18-6-5-17-12)8-14(11)19-15(10)9-16-2/h7-8,16H,3-6,9H2,1-2H3. The van der Waals surface area contributed by atoms with E-state index in [1.165, 1.54) is 20.5 Å². The molecule has 0 unspecified atom stereocenters. The highest BCUT2D eigenvalue weighted by Gasteiger charge is 2.17. The number of fused-ring (bicyclic) bond motifs is 2. The zero-order chi connectivity index (χ0) is 13.2. The quantitative estimate of drug-likeness (QED) is 0.929. The maximum atomic E-state index is 5.70. The topological polar surface area (TPSA) is 30.5 Å². The fourth-order valence-electron chi connectivity index (χ4n) is 2.56. The van der Waals surface area contributed by atoms with Crippen molar-refractivity contribution in [3.05, 3.63) is 22.6 Å². The van der Waals surface area contributed by atoms with Crippen LogP contribution >= 0.6 is 11.3 Å². The first-order valence-corrected chi connectivity index (χ1v) is 7.63. The lowest BCUT2D eigenvalue weighted by Gasteiger charge is -2.18. The summed E-state index contributed by atoms with van der Waals surface area (Å²) in [7, 11) is 2.00. The molecule has 0 saturated carbocycles. The molecule has 19 heavy (non-hydrogen) atoms. The van der Waals surface area contributed by atoms with Gasteiger partial charge in [-0.15, -0.1) is 11.3 Å². The van der Waals surface area contributed by atoms with Crippen LogP contribution in [-0.2, 0) is 13.0 Å². The molecule has 1 aliphatic rings. The number of hydrogen-bond acceptors (Lipinski definition) is 4. The minimum atomic E-state index is 0.648. The molecular formula is C15H19NO2S. The molecule has 102 valence electrons. The molecule has 2 aromatic rings. The van der Waals surface area contributed by atoms with Crippen molar-refractivity contribution in [3.63, 3.8) is 0 Å². The molecular weight excluding hydrogens is 258 g/mol. The predicted molar refractivity (Wildman–Crippen MR) is 79.6 cm³/mol. The fourth-order valence-corrected chi connectivity index (χ4v) is 3.84. The minimum Gasteiger partial charge on any atom is -0.486 e. The van der Waals surface area contributed by atoms with Gasteiger partial charge in [0.25, 0.3) is 0 Å². The molecule has 1 N–H and O–H groups in total. The molecule has 2 heterocycles. The number of thiophene rings is 1. The number of nitrogens with one attached hydrogen (secondary N) is 1. The molecule has 4 heteroatoms. The largest absolute Gasteiger partial charge is 0.486 e. The van der Waals surface area contributed by atoms with Gasteiger partial charge in [-0.1, -0.05) is 13.3 Å². The van der Waals surface area contributed by atoms with Gasteiger partial charge in [0.05, 0.1) is 0 Å². The van der Waals surface area contributed by atoms with Gasteiger partial charge in [-0.2, -0.15) is 0 Å². The van der Waals surface area contributed by atoms with Gasteiger partial charge in [-0.25, -0.2) is 0 Å². The Bertz CT molecular complexity index is 591. The van der Waals surface area contributed by atoms with E-state index in [4.69, 9.17) is 9.47 Å². The Morgan fingerprint density at radius 2 is 1.95 bits per heavy atom. The molecule has 0 bridgehead atoms. The molecule has 0 saturated heterocycles. The van der Waals surface area contributed by atoms with Crippen LogP contribution in [0.2, 0.25) is 0 Å². The van der Waals surface area contributed by atoms with E-state index in [1.807, 2.05) is 18.4 Å². The highest BCUT2D eigenvalue weighted by molar-refractivity contribution is 7.19. The molecule has 0 spiro atoms. The monoisotopic (exact) mass is 277 g/mol. The maximum absolute atomic E-state index is 5.70. The number of hydrogen-bond donors (Lipinski definition) is 1. The van der Waals surface area contributed by atoms with Crippen molar-refractivity contribution in [2.24, 2.45) is 0 Å². The van der Waals surface area contributed by atoms with Crippen molar-refractivity contribution in [2.45, 2.75) is 26.3 Å². The summed E-state index contributed by atoms with van der Waals surface area (Å²) < 4.78 is 12.7. The van der Waals surface area contributed by atoms with Crippen molar-refractivity contribution >= 4 is 21.4 Å². The maximum Gasteiger partial charge on any atom is 0.162 e. The normalized spacial score (nSPS) is 14.0. The third kappa shape index (κ3) is 2.30. The second-order valence-corrected chi connectivity index (χ2v) is 5.91. The molecule has 3 rings (SSSR count). The lowest BCUT2D eigenvalue weighted by atomic mass is 10.1. The number of benzene rings is 1. The van der Waals surface area contributed by atoms with E-state index in [9.17, 15) is 0 Å². The summed E-state index contributed by atoms with van der Waals surface area (Å²) in [5, 5.41) is 4.60. The van der Waals surface area contributed by atoms with E-state index < -0.39 is 0 Å². The molecule has 3 nitrogen and oxygen atoms in total. The third-order valence-electron chi connectivity index (χ3n) is 3.38. The first-order chi connectivity index (χ1) is 9.33. The van der Waals surface area contributed by atoms with Crippen molar-refractivity contribution in [2.75, 3.05) is 20.3 Å². The van der Waals surface area contributed by atoms with E-state index in [-0.39, 0.29) is 0 Å². The Hall–Kier alpha value is -1.26. The molecule has 1 aromatic heterocycles. The van der Waals surface area contributed by atoms with Crippen LogP contribution in [0.4, 0.5) is 0 Å². The van der Waals surface area contributed by atoms with Crippen LogP contribution in [0.25, 0.3) is 10.1 Å². The average Bonchev–Trinajstić information content (AvgIpc) is 2.75. The number of rotatable bonds is 4. The van der Waals surface area contributed by atoms with E-state index in [0.717, 1.165) is 30.9 Å². The molecule has 1 aliphatic heterocycles. The molecule has 0 amide bonds. The summed E-state index contributed by atoms with van der Waals surface area (Å²) in [4.78, 5) is 1.43. The van der Waals surface area contributed by atoms with Gasteiger partial charge in [0.15, 0.2) is 11.5 Å². The minimum absolute atomic E-state index is 0.648. The molecule has 1 aromatic carbocycles. The van der Waals surface area contributed by atoms with Gasteiger partial charge in [0.2, 0.25) is 0 Å². The van der Waals surface area contributed by atoms with E-state index in [0.29, 0.717) is 13.2 Å². The summed E-state index contributed by atoms with van der Waals surface area (Å²) in [6.07, 6.45) is 2.29. The Kier molecular flexibility index (Phi) is 3.62. The third-order valence-corrected chi connectivity index (χ3v) is 4.57. The lowest BCUT2D eigenvalue weighted by molar-refractivity contribution is 0.172. The molecule has 0 fully saturated rings. The molecule has 0 atom stereocenters. The lowest BCUT2D eigenvalue weighted by Crippen LogP contribution is -2.15. The second kappa shape index (κ2) is 5.39. The summed E-state index contributed by atoms with van der Waals surface area (Å²) in [5.74, 6) is 1.78. The number of ether oxygens (including phenoxy) is 2. The fraction of sp³-hybridized carbons (Fsp3) is 0.467. The van der Waals surface area contributed by atoms with Gasteiger partial charge in [0.1, 0.15) is 13.2 Å². The van der Waals surface area contributed by atoms with Crippen molar-refractivity contribution in [1.29, 1.82) is 0 Å². The highest BCUT2D eigenvalue weighted by Crippen LogP contribution is 2.41. The van der Waals surface area contributed by atoms with Crippen molar-refractivity contribution < 1.29 is 9.47 Å². The second-order valence-electron chi connectivity index (χ2n) is 4.78. The zero-order valence-electron chi connectivity index (χ0n) is 11.4. The van der Waals surface area contributed by atoms with E-state index >= 15 is 0 Å². The molecule has 0 aliphatic carbocycles. The van der Waals surface area contributed by atoms with Gasteiger partial charge in [-0.3, -0.25) is 0 Å². The molecule has 0 radical (unpaired) electrons. The van der Waals surface area contributed by atoms with Crippen LogP contribution in [0.5, 0.6) is 11.5 Å². The Morgan fingerprint density at radius 3 is 2.63 bits per heavy atom. The van der Waals surface area contributed by atoms with Crippen molar-refractivity contribution in [3.8, 4) is 11.5 Å². The SMILES string of the molecule is CCCc1c(CNC)sc2cc3c(cc12)OCCO3. The first-order valence-electron chi connectivity index (χ1n) is 6.82. The van der Waals surface area contributed by atoms with E-state index in [1.54, 1.807) is 0 Å². The van der Waals surface area contributed by atoms with Crippen LogP contribution in [0, 0.1) is 0 Å². The van der Waals surface area contributed by atoms with Crippen LogP contribution < -0.4 is 14.8 Å². The highest BCUT2D eigenvalue weighted by atomic mass is 32.1. The van der Waals surface area contributed by atoms with Gasteiger partial charge in [0, 0.05) is 22.2 Å². The summed E-state index contributed by atoms with van der Waals surface area (Å²) >= 11 is 1.86. The Balaban J connectivity index is 2.14. The Labute approximate surface area is 117 Å². The van der Waals surface area contributed by atoms with Gasteiger partial charge < -0.3 is 14.8 Å². The van der Waals surface area contributed by atoms with E-state index in [2.05, 4.69) is 24.4 Å². The number of aryl methyl sites for hydroxylation is 1. The van der Waals surface area contributed by atoms with Crippen molar-refractivity contribution in [1.82, 2.24) is 5.32 Å². The van der Waals surface area contributed by atoms with Crippen LogP contribution in [0.1, 0.15) is 23.8 Å². The first kappa shape index (κ1) is 12.8. The summed E-state index contributed by atoms with van der Waals surface area (Å²) in [6, 6.07) is 4.29. The summed E-state index contributed by atoms with van der Waals surface area (Å²) in [6.45, 7) is 4.45. The predicted octanol–water partition coefficient (Wildman–Crippen LogP) is 3.34. The van der Waals surface area contributed by atoms with Crippen LogP contribution in [-0.4, -0.2) is 20.3 Å². The Morgan fingerprint density at radius 1 is 1.21 bits per heavy atom. The van der Waals surface area contributed by atoms with Gasteiger partial charge >= 0.3 is 0 Å². The van der Waals surface area contributed by atoms with Gasteiger partial charge in [-0.05, 0) is 30.5 Å². The summed E-state index contributed by atoms with van der Waals surface area (Å²) in [5.41, 5.74) is 1.47.